The van der Waals surface area contributed by atoms with E-state index in [2.05, 4.69) is 0 Å². The Morgan fingerprint density at radius 1 is 0.895 bits per heavy atom. The molecule has 0 aliphatic heterocycles. The zero-order valence-electron chi connectivity index (χ0n) is 10.5. The molecule has 2 aromatic rings. The van der Waals surface area contributed by atoms with E-state index < -0.39 is 0 Å². The fourth-order valence-electron chi connectivity index (χ4n) is 1.59. The highest BCUT2D eigenvalue weighted by molar-refractivity contribution is 5.95. The number of nitrogens with two attached hydrogens (primary N) is 1. The first-order chi connectivity index (χ1) is 9.25. The summed E-state index contributed by atoms with van der Waals surface area (Å²) in [5.74, 6) is 1.54. The molecular weight excluding hydrogens is 240 g/mol. The van der Waals surface area contributed by atoms with E-state index in [0.29, 0.717) is 24.5 Å². The molecule has 2 aromatic carbocycles. The van der Waals surface area contributed by atoms with Crippen LogP contribution in [0.25, 0.3) is 0 Å². The van der Waals surface area contributed by atoms with Crippen molar-refractivity contribution < 1.29 is 9.47 Å². The monoisotopic (exact) mass is 256 g/mol. The predicted octanol–water partition coefficient (Wildman–Crippen LogP) is 2.43. The molecule has 4 heteroatoms. The van der Waals surface area contributed by atoms with E-state index in [4.69, 9.17) is 20.6 Å². The number of benzene rings is 2. The normalized spacial score (nSPS) is 9.89. The van der Waals surface area contributed by atoms with E-state index in [0.717, 1.165) is 5.75 Å². The first kappa shape index (κ1) is 13.0. The van der Waals surface area contributed by atoms with Crippen molar-refractivity contribution in [1.82, 2.24) is 0 Å². The Bertz CT molecular complexity index is 541. The van der Waals surface area contributed by atoms with Crippen LogP contribution in [-0.2, 0) is 0 Å². The molecule has 0 spiro atoms. The fourth-order valence-corrected chi connectivity index (χ4v) is 1.59. The van der Waals surface area contributed by atoms with Crippen molar-refractivity contribution in [3.63, 3.8) is 0 Å². The highest BCUT2D eigenvalue weighted by Crippen LogP contribution is 2.13. The lowest BCUT2D eigenvalue weighted by atomic mass is 10.2. The Labute approximate surface area is 112 Å². The van der Waals surface area contributed by atoms with Gasteiger partial charge in [0.15, 0.2) is 0 Å². The summed E-state index contributed by atoms with van der Waals surface area (Å²) in [6.07, 6.45) is 0. The van der Waals surface area contributed by atoms with Crippen LogP contribution in [0.2, 0.25) is 0 Å². The van der Waals surface area contributed by atoms with Crippen LogP contribution in [0, 0.1) is 5.41 Å². The van der Waals surface area contributed by atoms with Gasteiger partial charge in [-0.2, -0.15) is 0 Å². The minimum atomic E-state index is 0.0333. The summed E-state index contributed by atoms with van der Waals surface area (Å²) >= 11 is 0. The molecule has 2 rings (SSSR count). The average Bonchev–Trinajstić information content (AvgIpc) is 2.45. The van der Waals surface area contributed by atoms with Gasteiger partial charge < -0.3 is 15.2 Å². The summed E-state index contributed by atoms with van der Waals surface area (Å²) in [7, 11) is 0. The van der Waals surface area contributed by atoms with Gasteiger partial charge in [-0.1, -0.05) is 30.3 Å². The third-order valence-corrected chi connectivity index (χ3v) is 2.51. The fraction of sp³-hybridized carbons (Fsp3) is 0.133. The van der Waals surface area contributed by atoms with E-state index >= 15 is 0 Å². The second-order valence-corrected chi connectivity index (χ2v) is 3.95. The summed E-state index contributed by atoms with van der Waals surface area (Å²) in [6, 6.07) is 16.7. The second-order valence-electron chi connectivity index (χ2n) is 3.95. The number of rotatable bonds is 6. The van der Waals surface area contributed by atoms with E-state index in [-0.39, 0.29) is 5.84 Å². The summed E-state index contributed by atoms with van der Waals surface area (Å²) in [4.78, 5) is 0. The van der Waals surface area contributed by atoms with Crippen molar-refractivity contribution in [3.8, 4) is 11.5 Å². The number of nitrogens with one attached hydrogen (secondary N) is 1. The number of hydrogen-bond acceptors (Lipinski definition) is 3. The molecule has 0 saturated heterocycles. The van der Waals surface area contributed by atoms with Gasteiger partial charge in [0.05, 0.1) is 0 Å². The van der Waals surface area contributed by atoms with E-state index in [1.807, 2.05) is 42.5 Å². The largest absolute Gasteiger partial charge is 0.490 e. The van der Waals surface area contributed by atoms with Crippen LogP contribution in [0.4, 0.5) is 0 Å². The third-order valence-electron chi connectivity index (χ3n) is 2.51. The minimum Gasteiger partial charge on any atom is -0.490 e. The van der Waals surface area contributed by atoms with Crippen molar-refractivity contribution in [2.45, 2.75) is 0 Å². The molecule has 0 amide bonds. The molecule has 0 radical (unpaired) electrons. The van der Waals surface area contributed by atoms with E-state index in [1.165, 1.54) is 0 Å². The van der Waals surface area contributed by atoms with E-state index in [9.17, 15) is 0 Å². The molecule has 0 unspecified atom stereocenters. The number of ether oxygens (including phenoxy) is 2. The molecule has 0 bridgehead atoms. The topological polar surface area (TPSA) is 68.3 Å². The van der Waals surface area contributed by atoms with Gasteiger partial charge in [-0.25, -0.2) is 0 Å². The highest BCUT2D eigenvalue weighted by Gasteiger charge is 1.99. The first-order valence-corrected chi connectivity index (χ1v) is 6.01. The van der Waals surface area contributed by atoms with Crippen LogP contribution in [0.5, 0.6) is 11.5 Å². The first-order valence-electron chi connectivity index (χ1n) is 6.01. The van der Waals surface area contributed by atoms with Crippen molar-refractivity contribution in [1.29, 1.82) is 5.41 Å². The van der Waals surface area contributed by atoms with Gasteiger partial charge in [-0.15, -0.1) is 0 Å². The molecule has 0 fully saturated rings. The standard InChI is InChI=1S/C15H16N2O2/c16-15(17)12-5-4-8-14(11-12)19-10-9-18-13-6-2-1-3-7-13/h1-8,11H,9-10H2,(H3,16,17). The zero-order valence-corrected chi connectivity index (χ0v) is 10.5. The second kappa shape index (κ2) is 6.44. The van der Waals surface area contributed by atoms with E-state index in [1.54, 1.807) is 12.1 Å². The third kappa shape index (κ3) is 4.03. The Hall–Kier alpha value is -2.49. The molecule has 0 saturated carbocycles. The molecule has 0 heterocycles. The Morgan fingerprint density at radius 2 is 1.53 bits per heavy atom. The summed E-state index contributed by atoms with van der Waals surface area (Å²) in [5, 5.41) is 7.36. The van der Waals surface area contributed by atoms with Gasteiger partial charge in [-0.3, -0.25) is 5.41 Å². The van der Waals surface area contributed by atoms with Crippen molar-refractivity contribution in [2.75, 3.05) is 13.2 Å². The van der Waals surface area contributed by atoms with Crippen LogP contribution >= 0.6 is 0 Å². The van der Waals surface area contributed by atoms with Crippen molar-refractivity contribution in [3.05, 3.63) is 60.2 Å². The Morgan fingerprint density at radius 3 is 2.21 bits per heavy atom. The average molecular weight is 256 g/mol. The maximum absolute atomic E-state index is 7.36. The van der Waals surface area contributed by atoms with Gasteiger partial charge >= 0.3 is 0 Å². The summed E-state index contributed by atoms with van der Waals surface area (Å²) in [6.45, 7) is 0.907. The Kier molecular flexibility index (Phi) is 4.39. The number of hydrogen-bond donors (Lipinski definition) is 2. The quantitative estimate of drug-likeness (QED) is 0.474. The predicted molar refractivity (Wildman–Crippen MR) is 74.9 cm³/mol. The maximum Gasteiger partial charge on any atom is 0.122 e. The molecule has 3 N–H and O–H groups in total. The number of nitrogen functional groups attached to an aromatic ring is 1. The number of amidine groups is 1. The zero-order chi connectivity index (χ0) is 13.5. The van der Waals surface area contributed by atoms with Crippen LogP contribution in [0.15, 0.2) is 54.6 Å². The van der Waals surface area contributed by atoms with Gasteiger partial charge in [0.25, 0.3) is 0 Å². The Balaban J connectivity index is 1.80. The van der Waals surface area contributed by atoms with Crippen LogP contribution in [0.3, 0.4) is 0 Å². The lowest BCUT2D eigenvalue weighted by Crippen LogP contribution is -2.12. The van der Waals surface area contributed by atoms with Crippen LogP contribution < -0.4 is 15.2 Å². The number of para-hydroxylation sites is 1. The van der Waals surface area contributed by atoms with Crippen molar-refractivity contribution in [2.24, 2.45) is 5.73 Å². The maximum atomic E-state index is 7.36. The van der Waals surface area contributed by atoms with Crippen LogP contribution in [-0.4, -0.2) is 19.0 Å². The molecule has 0 aliphatic carbocycles. The van der Waals surface area contributed by atoms with Gasteiger partial charge in [0.2, 0.25) is 0 Å². The van der Waals surface area contributed by atoms with Crippen molar-refractivity contribution >= 4 is 5.84 Å². The van der Waals surface area contributed by atoms with Crippen LogP contribution in [0.1, 0.15) is 5.56 Å². The molecule has 0 aromatic heterocycles. The van der Waals surface area contributed by atoms with Gasteiger partial charge in [-0.05, 0) is 24.3 Å². The smallest absolute Gasteiger partial charge is 0.122 e. The minimum absolute atomic E-state index is 0.0333. The lowest BCUT2D eigenvalue weighted by molar-refractivity contribution is 0.217. The molecule has 19 heavy (non-hydrogen) atoms. The SMILES string of the molecule is N=C(N)c1cccc(OCCOc2ccccc2)c1. The lowest BCUT2D eigenvalue weighted by Gasteiger charge is -2.09. The molecule has 4 nitrogen and oxygen atoms in total. The van der Waals surface area contributed by atoms with Gasteiger partial charge in [0.1, 0.15) is 30.5 Å². The summed E-state index contributed by atoms with van der Waals surface area (Å²) < 4.78 is 11.1. The molecule has 0 aliphatic rings. The molecular formula is C15H16N2O2. The molecule has 98 valence electrons. The molecule has 0 atom stereocenters. The highest BCUT2D eigenvalue weighted by atomic mass is 16.5. The summed E-state index contributed by atoms with van der Waals surface area (Å²) in [5.41, 5.74) is 6.07. The van der Waals surface area contributed by atoms with Gasteiger partial charge in [0, 0.05) is 5.56 Å².